The maximum Gasteiger partial charge on any atom is 0.416 e. The zero-order valence-electron chi connectivity index (χ0n) is 29.3. The van der Waals surface area contributed by atoms with E-state index in [0.29, 0.717) is 30.1 Å². The summed E-state index contributed by atoms with van der Waals surface area (Å²) in [6, 6.07) is 9.15. The second-order valence-corrected chi connectivity index (χ2v) is 13.6. The molecule has 3 aliphatic rings. The number of fused-ring (bicyclic) bond motifs is 1. The molecule has 0 radical (unpaired) electrons. The van der Waals surface area contributed by atoms with Gasteiger partial charge in [0.25, 0.3) is 0 Å². The first kappa shape index (κ1) is 39.0. The molecule has 45 heavy (non-hydrogen) atoms. The van der Waals surface area contributed by atoms with Crippen LogP contribution in [0.2, 0.25) is 0 Å². The first-order chi connectivity index (χ1) is 21.2. The highest BCUT2D eigenvalue weighted by Crippen LogP contribution is 2.56. The third kappa shape index (κ3) is 10.2. The van der Waals surface area contributed by atoms with Gasteiger partial charge in [-0.2, -0.15) is 13.2 Å². The van der Waals surface area contributed by atoms with Gasteiger partial charge in [0.2, 0.25) is 0 Å². The molecule has 1 aliphatic heterocycles. The van der Waals surface area contributed by atoms with Gasteiger partial charge in [-0.15, -0.1) is 0 Å². The van der Waals surface area contributed by atoms with Gasteiger partial charge in [-0.25, -0.2) is 0 Å². The number of benzene rings is 1. The lowest BCUT2D eigenvalue weighted by Crippen LogP contribution is -2.41. The number of halogens is 3. The fourth-order valence-electron chi connectivity index (χ4n) is 7.75. The van der Waals surface area contributed by atoms with Crippen LogP contribution >= 0.6 is 0 Å². The zero-order valence-corrected chi connectivity index (χ0v) is 29.3. The summed E-state index contributed by atoms with van der Waals surface area (Å²) >= 11 is 0. The lowest BCUT2D eigenvalue weighted by Gasteiger charge is -2.37. The van der Waals surface area contributed by atoms with E-state index in [1.165, 1.54) is 43.7 Å². The van der Waals surface area contributed by atoms with Crippen molar-refractivity contribution in [3.8, 4) is 0 Å². The van der Waals surface area contributed by atoms with Gasteiger partial charge in [0.1, 0.15) is 5.78 Å². The average molecular weight is 632 g/mol. The monoisotopic (exact) mass is 631 g/mol. The van der Waals surface area contributed by atoms with E-state index in [0.717, 1.165) is 61.6 Å². The number of rotatable bonds is 9. The van der Waals surface area contributed by atoms with Gasteiger partial charge in [-0.05, 0) is 127 Å². The van der Waals surface area contributed by atoms with Gasteiger partial charge in [0, 0.05) is 11.5 Å². The topological polar surface area (TPSA) is 40.5 Å². The normalized spacial score (nSPS) is 24.9. The minimum atomic E-state index is -4.31. The summed E-state index contributed by atoms with van der Waals surface area (Å²) in [6.07, 6.45) is 8.50. The number of hydrogen-bond acceptors (Lipinski definition) is 3. The number of piperidine rings is 1. The highest BCUT2D eigenvalue weighted by atomic mass is 19.4. The number of alkyl halides is 3. The zero-order chi connectivity index (χ0) is 34.0. The molecule has 2 saturated carbocycles. The van der Waals surface area contributed by atoms with Crippen LogP contribution in [0.15, 0.2) is 59.7 Å². The summed E-state index contributed by atoms with van der Waals surface area (Å²) in [5, 5.41) is 10.3. The molecule has 0 aromatic heterocycles. The quantitative estimate of drug-likeness (QED) is 0.276. The minimum absolute atomic E-state index is 0.0164. The predicted molar refractivity (Wildman–Crippen MR) is 182 cm³/mol. The first-order valence-corrected chi connectivity index (χ1v) is 17.3. The van der Waals surface area contributed by atoms with Crippen LogP contribution in [0, 0.1) is 11.3 Å². The molecule has 3 nitrogen and oxygen atoms in total. The summed E-state index contributed by atoms with van der Waals surface area (Å²) in [5.74, 6) is 1.68. The Morgan fingerprint density at radius 2 is 1.76 bits per heavy atom. The van der Waals surface area contributed by atoms with E-state index in [4.69, 9.17) is 0 Å². The van der Waals surface area contributed by atoms with Crippen LogP contribution in [0.5, 0.6) is 0 Å². The molecule has 1 N–H and O–H groups in total. The van der Waals surface area contributed by atoms with E-state index in [1.807, 2.05) is 61.5 Å². The molecule has 0 bridgehead atoms. The molecule has 1 heterocycles. The number of nitrogens with zero attached hydrogens (tertiary/aromatic N) is 1. The van der Waals surface area contributed by atoms with Crippen LogP contribution in [0.1, 0.15) is 137 Å². The minimum Gasteiger partial charge on any atom is -0.386 e. The molecule has 0 amide bonds. The molecule has 4 rings (SSSR count). The van der Waals surface area contributed by atoms with E-state index < -0.39 is 17.4 Å². The molecule has 254 valence electrons. The van der Waals surface area contributed by atoms with Gasteiger partial charge in [0.05, 0.1) is 11.2 Å². The Balaban J connectivity index is 0.000000338. The third-order valence-electron chi connectivity index (χ3n) is 10.4. The van der Waals surface area contributed by atoms with Crippen LogP contribution in [-0.4, -0.2) is 41.1 Å². The fourth-order valence-corrected chi connectivity index (χ4v) is 7.75. The molecule has 1 aromatic carbocycles. The molecule has 2 aliphatic carbocycles. The molecule has 0 spiro atoms. The van der Waals surface area contributed by atoms with Crippen molar-refractivity contribution in [1.29, 1.82) is 0 Å². The maximum absolute atomic E-state index is 12.5. The van der Waals surface area contributed by atoms with Crippen molar-refractivity contribution in [1.82, 2.24) is 4.90 Å². The molecule has 3 fully saturated rings. The van der Waals surface area contributed by atoms with Crippen LogP contribution in [0.25, 0.3) is 0 Å². The molecule has 3 atom stereocenters. The van der Waals surface area contributed by atoms with Gasteiger partial charge in [0.15, 0.2) is 0 Å². The van der Waals surface area contributed by atoms with Crippen molar-refractivity contribution in [3.63, 3.8) is 0 Å². The molecule has 1 saturated heterocycles. The number of ketones is 1. The number of likely N-dealkylation sites (tertiary alicyclic amines) is 1. The highest BCUT2D eigenvalue weighted by molar-refractivity contribution is 5.83. The Morgan fingerprint density at radius 1 is 1.11 bits per heavy atom. The van der Waals surface area contributed by atoms with Crippen LogP contribution in [0.4, 0.5) is 13.2 Å². The Kier molecular flexibility index (Phi) is 14.8. The van der Waals surface area contributed by atoms with E-state index in [2.05, 4.69) is 29.7 Å². The number of carbonyl (C=O) groups is 1. The summed E-state index contributed by atoms with van der Waals surface area (Å²) < 4.78 is 37.5. The SMILES string of the molecule is C=C/C(=C\C(CC)=C(/C)CCC)C(F)(F)F.CC.CC(=O)C12CCCC1CC(N1CCC(c3cccc(C(C)(C)O)c3)CC1)C2. The maximum atomic E-state index is 12.5. The van der Waals surface area contributed by atoms with E-state index >= 15 is 0 Å². The lowest BCUT2D eigenvalue weighted by molar-refractivity contribution is -0.127. The Labute approximate surface area is 272 Å². The van der Waals surface area contributed by atoms with Crippen molar-refractivity contribution >= 4 is 5.78 Å². The van der Waals surface area contributed by atoms with Gasteiger partial charge >= 0.3 is 6.18 Å². The van der Waals surface area contributed by atoms with Crippen molar-refractivity contribution in [2.75, 3.05) is 13.1 Å². The van der Waals surface area contributed by atoms with Gasteiger partial charge in [-0.3, -0.25) is 4.79 Å². The van der Waals surface area contributed by atoms with Crippen molar-refractivity contribution < 1.29 is 23.1 Å². The Bertz CT molecular complexity index is 1170. The standard InChI is InChI=1S/C24H35NO2.C13H19F3.C2H6/c1-17(26)24-11-5-8-21(24)15-22(16-24)25-12-9-18(10-13-25)19-6-4-7-20(14-19)23(2,3)27;1-5-8-10(4)11(6-2)9-12(7-3)13(14,15)16;1-2/h4,6-7,14,18,21-22,27H,5,8-13,15-16H2,1-3H3;7,9H,3,5-6,8H2,1-2,4H3;1-2H3/b;11-10+,12-9+;. The number of Topliss-reactive ketones (excluding diaryl/α,β-unsaturated/α-hetero) is 1. The van der Waals surface area contributed by atoms with E-state index in [-0.39, 0.29) is 5.41 Å². The summed E-state index contributed by atoms with van der Waals surface area (Å²) in [4.78, 5) is 15.1. The average Bonchev–Trinajstić information content (AvgIpc) is 3.58. The van der Waals surface area contributed by atoms with Crippen molar-refractivity contribution in [3.05, 3.63) is 70.8 Å². The summed E-state index contributed by atoms with van der Waals surface area (Å²) in [7, 11) is 0. The smallest absolute Gasteiger partial charge is 0.386 e. The van der Waals surface area contributed by atoms with Crippen molar-refractivity contribution in [2.45, 2.75) is 143 Å². The largest absolute Gasteiger partial charge is 0.416 e. The van der Waals surface area contributed by atoms with Gasteiger partial charge in [-0.1, -0.05) is 83.0 Å². The second kappa shape index (κ2) is 17.1. The van der Waals surface area contributed by atoms with Crippen LogP contribution in [-0.2, 0) is 10.4 Å². The number of hydrogen-bond donors (Lipinski definition) is 1. The Hall–Kier alpha value is -2.18. The molecule has 3 unspecified atom stereocenters. The Morgan fingerprint density at radius 3 is 2.24 bits per heavy atom. The first-order valence-electron chi connectivity index (χ1n) is 17.3. The summed E-state index contributed by atoms with van der Waals surface area (Å²) in [5.41, 5.74) is 2.73. The number of carbonyl (C=O) groups excluding carboxylic acids is 1. The van der Waals surface area contributed by atoms with E-state index in [1.54, 1.807) is 0 Å². The second-order valence-electron chi connectivity index (χ2n) is 13.6. The molecule has 6 heteroatoms. The van der Waals surface area contributed by atoms with Gasteiger partial charge < -0.3 is 10.0 Å². The number of allylic oxidation sites excluding steroid dienone is 5. The molecule has 1 aromatic rings. The molecular weight excluding hydrogens is 571 g/mol. The highest BCUT2D eigenvalue weighted by Gasteiger charge is 2.54. The predicted octanol–water partition coefficient (Wildman–Crippen LogP) is 10.8. The van der Waals surface area contributed by atoms with E-state index in [9.17, 15) is 23.1 Å². The molecular formula is C39H60F3NO2. The number of aliphatic hydroxyl groups is 1. The van der Waals surface area contributed by atoms with Crippen LogP contribution in [0.3, 0.4) is 0 Å². The third-order valence-corrected chi connectivity index (χ3v) is 10.4. The van der Waals surface area contributed by atoms with Crippen LogP contribution < -0.4 is 0 Å². The van der Waals surface area contributed by atoms with Crippen molar-refractivity contribution in [2.24, 2.45) is 11.3 Å². The lowest BCUT2D eigenvalue weighted by atomic mass is 9.77. The summed E-state index contributed by atoms with van der Waals surface area (Å²) in [6.45, 7) is 20.8. The fraction of sp³-hybridized carbons (Fsp3) is 0.667.